The Balaban J connectivity index is 4.87. The van der Waals surface area contributed by atoms with Gasteiger partial charge in [-0.1, -0.05) is 6.08 Å². The lowest BCUT2D eigenvalue weighted by atomic mass is 9.99. The Labute approximate surface area is 159 Å². The Hall–Kier alpha value is -2.45. The largest absolute Gasteiger partial charge is 0.469 e. The molecule has 9 nitrogen and oxygen atoms in total. The van der Waals surface area contributed by atoms with E-state index in [1.165, 1.54) is 20.3 Å². The third kappa shape index (κ3) is 11.0. The van der Waals surface area contributed by atoms with Gasteiger partial charge in [0.15, 0.2) is 0 Å². The van der Waals surface area contributed by atoms with Gasteiger partial charge in [-0.2, -0.15) is 0 Å². The molecule has 1 atom stereocenters. The molecule has 0 saturated carbocycles. The molecule has 0 aromatic heterocycles. The van der Waals surface area contributed by atoms with Gasteiger partial charge in [-0.3, -0.25) is 19.7 Å². The van der Waals surface area contributed by atoms with Crippen molar-refractivity contribution in [2.45, 2.75) is 64.3 Å². The molecule has 0 fully saturated rings. The van der Waals surface area contributed by atoms with Crippen molar-refractivity contribution in [3.8, 4) is 0 Å². The average molecular weight is 387 g/mol. The standard InChI is InChI=1S/C18H29NO8/c1-4-27-18(22)14(10-6-5-7-12-16(20)25-2)15(19(23)24)11-8-9-13-17(21)26-3/h10,15H,4-9,11-13H2,1-3H3/b14-10+. The van der Waals surface area contributed by atoms with Crippen molar-refractivity contribution in [1.29, 1.82) is 0 Å². The number of carbonyl (C=O) groups excluding carboxylic acids is 3. The molecule has 0 radical (unpaired) electrons. The van der Waals surface area contributed by atoms with Crippen LogP contribution < -0.4 is 0 Å². The highest BCUT2D eigenvalue weighted by molar-refractivity contribution is 5.89. The molecular formula is C18H29NO8. The van der Waals surface area contributed by atoms with Gasteiger partial charge in [-0.15, -0.1) is 0 Å². The van der Waals surface area contributed by atoms with Gasteiger partial charge in [-0.25, -0.2) is 4.79 Å². The van der Waals surface area contributed by atoms with Crippen molar-refractivity contribution in [3.05, 3.63) is 21.8 Å². The summed E-state index contributed by atoms with van der Waals surface area (Å²) in [5, 5.41) is 11.5. The molecule has 0 aliphatic carbocycles. The molecule has 0 aliphatic rings. The van der Waals surface area contributed by atoms with Crippen molar-refractivity contribution in [2.75, 3.05) is 20.8 Å². The first kappa shape index (κ1) is 24.6. The van der Waals surface area contributed by atoms with Gasteiger partial charge in [0.1, 0.15) is 5.57 Å². The number of nitro groups is 1. The molecule has 0 rings (SSSR count). The third-order valence-electron chi connectivity index (χ3n) is 3.89. The summed E-state index contributed by atoms with van der Waals surface area (Å²) in [6.07, 6.45) is 4.47. The van der Waals surface area contributed by atoms with Crippen LogP contribution in [0.25, 0.3) is 0 Å². The highest BCUT2D eigenvalue weighted by atomic mass is 16.6. The van der Waals surface area contributed by atoms with Crippen LogP contribution in [0.4, 0.5) is 0 Å². The molecule has 0 bridgehead atoms. The number of methoxy groups -OCH3 is 2. The predicted octanol–water partition coefficient (Wildman–Crippen LogP) is 2.59. The second-order valence-electron chi connectivity index (χ2n) is 5.82. The Bertz CT molecular complexity index is 529. The summed E-state index contributed by atoms with van der Waals surface area (Å²) in [6, 6.07) is -1.19. The van der Waals surface area contributed by atoms with Crippen molar-refractivity contribution < 1.29 is 33.5 Å². The van der Waals surface area contributed by atoms with Gasteiger partial charge in [0.25, 0.3) is 0 Å². The van der Waals surface area contributed by atoms with E-state index < -0.39 is 16.9 Å². The summed E-state index contributed by atoms with van der Waals surface area (Å²) in [5.41, 5.74) is 0.0120. The fraction of sp³-hybridized carbons (Fsp3) is 0.722. The number of hydrogen-bond donors (Lipinski definition) is 0. The van der Waals surface area contributed by atoms with Crippen molar-refractivity contribution in [3.63, 3.8) is 0 Å². The van der Waals surface area contributed by atoms with E-state index in [0.717, 1.165) is 0 Å². The minimum atomic E-state index is -1.19. The highest BCUT2D eigenvalue weighted by Gasteiger charge is 2.31. The first-order valence-electron chi connectivity index (χ1n) is 9.01. The molecule has 0 amide bonds. The number of allylic oxidation sites excluding steroid dienone is 1. The van der Waals surface area contributed by atoms with Gasteiger partial charge >= 0.3 is 17.9 Å². The molecule has 1 unspecified atom stereocenters. The van der Waals surface area contributed by atoms with Crippen LogP contribution in [0.15, 0.2) is 11.6 Å². The molecule has 0 aliphatic heterocycles. The summed E-state index contributed by atoms with van der Waals surface area (Å²) >= 11 is 0. The number of carbonyl (C=O) groups is 3. The third-order valence-corrected chi connectivity index (χ3v) is 3.89. The van der Waals surface area contributed by atoms with E-state index in [4.69, 9.17) is 4.74 Å². The number of rotatable bonds is 14. The van der Waals surface area contributed by atoms with Crippen LogP contribution in [0, 0.1) is 10.1 Å². The van der Waals surface area contributed by atoms with Gasteiger partial charge < -0.3 is 14.2 Å². The lowest BCUT2D eigenvalue weighted by Crippen LogP contribution is -2.28. The molecule has 0 aromatic carbocycles. The van der Waals surface area contributed by atoms with Gasteiger partial charge in [-0.05, 0) is 39.0 Å². The molecule has 27 heavy (non-hydrogen) atoms. The Morgan fingerprint density at radius 1 is 1.00 bits per heavy atom. The lowest BCUT2D eigenvalue weighted by molar-refractivity contribution is -0.512. The second kappa shape index (κ2) is 14.7. The van der Waals surface area contributed by atoms with Gasteiger partial charge in [0.2, 0.25) is 6.04 Å². The summed E-state index contributed by atoms with van der Waals surface area (Å²) in [5.74, 6) is -1.40. The maximum Gasteiger partial charge on any atom is 0.340 e. The molecular weight excluding hydrogens is 358 g/mol. The summed E-state index contributed by atoms with van der Waals surface area (Å²) in [4.78, 5) is 45.3. The van der Waals surface area contributed by atoms with Crippen LogP contribution in [0.2, 0.25) is 0 Å². The van der Waals surface area contributed by atoms with Crippen LogP contribution in [0.3, 0.4) is 0 Å². The first-order chi connectivity index (χ1) is 12.9. The van der Waals surface area contributed by atoms with E-state index in [2.05, 4.69) is 9.47 Å². The highest BCUT2D eigenvalue weighted by Crippen LogP contribution is 2.18. The Morgan fingerprint density at radius 3 is 2.04 bits per heavy atom. The quantitative estimate of drug-likeness (QED) is 0.111. The number of hydrogen-bond acceptors (Lipinski definition) is 8. The zero-order valence-electron chi connectivity index (χ0n) is 16.2. The van der Waals surface area contributed by atoms with E-state index >= 15 is 0 Å². The predicted molar refractivity (Wildman–Crippen MR) is 96.5 cm³/mol. The normalized spacial score (nSPS) is 12.2. The van der Waals surface area contributed by atoms with Crippen LogP contribution in [-0.4, -0.2) is 49.7 Å². The molecule has 0 aromatic rings. The molecule has 0 N–H and O–H groups in total. The minimum Gasteiger partial charge on any atom is -0.469 e. The van der Waals surface area contributed by atoms with E-state index in [9.17, 15) is 24.5 Å². The molecule has 154 valence electrons. The molecule has 9 heteroatoms. The summed E-state index contributed by atoms with van der Waals surface area (Å²) in [7, 11) is 2.59. The van der Waals surface area contributed by atoms with E-state index in [1.807, 2.05) is 0 Å². The Morgan fingerprint density at radius 2 is 1.56 bits per heavy atom. The minimum absolute atomic E-state index is 0.0120. The summed E-state index contributed by atoms with van der Waals surface area (Å²) in [6.45, 7) is 1.74. The SMILES string of the molecule is CCOC(=O)/C(=C/CCCCC(=O)OC)C(CCCCC(=O)OC)[N+](=O)[O-]. The van der Waals surface area contributed by atoms with Crippen LogP contribution in [0.1, 0.15) is 58.3 Å². The zero-order chi connectivity index (χ0) is 20.7. The molecule has 0 spiro atoms. The van der Waals surface area contributed by atoms with Crippen molar-refractivity contribution >= 4 is 17.9 Å². The number of nitrogens with zero attached hydrogens (tertiary/aromatic N) is 1. The number of esters is 3. The topological polar surface area (TPSA) is 122 Å². The zero-order valence-corrected chi connectivity index (χ0v) is 16.2. The molecule has 0 heterocycles. The maximum atomic E-state index is 12.2. The number of unbranched alkanes of at least 4 members (excludes halogenated alkanes) is 3. The van der Waals surface area contributed by atoms with E-state index in [1.54, 1.807) is 6.92 Å². The van der Waals surface area contributed by atoms with Gasteiger partial charge in [0.05, 0.1) is 20.8 Å². The van der Waals surface area contributed by atoms with Crippen molar-refractivity contribution in [2.24, 2.45) is 0 Å². The molecule has 0 saturated heterocycles. The number of ether oxygens (including phenoxy) is 3. The maximum absolute atomic E-state index is 12.2. The van der Waals surface area contributed by atoms with Crippen LogP contribution >= 0.6 is 0 Å². The van der Waals surface area contributed by atoms with E-state index in [0.29, 0.717) is 32.1 Å². The van der Waals surface area contributed by atoms with Crippen molar-refractivity contribution in [1.82, 2.24) is 0 Å². The fourth-order valence-corrected chi connectivity index (χ4v) is 2.43. The average Bonchev–Trinajstić information content (AvgIpc) is 2.64. The lowest BCUT2D eigenvalue weighted by Gasteiger charge is -2.13. The first-order valence-corrected chi connectivity index (χ1v) is 9.01. The van der Waals surface area contributed by atoms with Gasteiger partial charge in [0, 0.05) is 24.2 Å². The van der Waals surface area contributed by atoms with Crippen LogP contribution in [0.5, 0.6) is 0 Å². The second-order valence-corrected chi connectivity index (χ2v) is 5.82. The van der Waals surface area contributed by atoms with E-state index in [-0.39, 0.29) is 43.4 Å². The van der Waals surface area contributed by atoms with Crippen LogP contribution in [-0.2, 0) is 28.6 Å². The summed E-state index contributed by atoms with van der Waals surface area (Å²) < 4.78 is 14.0. The smallest absolute Gasteiger partial charge is 0.340 e. The Kier molecular flexibility index (Phi) is 13.4. The monoisotopic (exact) mass is 387 g/mol. The fourth-order valence-electron chi connectivity index (χ4n) is 2.43.